The first-order chi connectivity index (χ1) is 16.0. The maximum absolute atomic E-state index is 12.6. The fourth-order valence-corrected chi connectivity index (χ4v) is 4.08. The van der Waals surface area contributed by atoms with Crippen LogP contribution in [0.5, 0.6) is 0 Å². The van der Waals surface area contributed by atoms with Crippen molar-refractivity contribution in [3.63, 3.8) is 0 Å². The lowest BCUT2D eigenvalue weighted by Gasteiger charge is -2.33. The fraction of sp³-hybridized carbons (Fsp3) is 0.583. The Morgan fingerprint density at radius 3 is 2.52 bits per heavy atom. The van der Waals surface area contributed by atoms with Gasteiger partial charge in [-0.05, 0) is 49.9 Å². The molecule has 1 atom stereocenters. The van der Waals surface area contributed by atoms with E-state index in [1.165, 1.54) is 0 Å². The number of piperazine rings is 1. The normalized spacial score (nSPS) is 19.0. The number of carbonyl (C=O) groups is 4. The van der Waals surface area contributed by atoms with Crippen molar-refractivity contribution in [2.45, 2.75) is 51.5 Å². The van der Waals surface area contributed by atoms with E-state index in [4.69, 9.17) is 4.74 Å². The Bertz CT molecular complexity index is 836. The summed E-state index contributed by atoms with van der Waals surface area (Å²) in [5.74, 6) is -0.989. The number of ether oxygens (including phenoxy) is 1. The molecule has 0 bridgehead atoms. The predicted molar refractivity (Wildman–Crippen MR) is 124 cm³/mol. The van der Waals surface area contributed by atoms with E-state index in [0.717, 1.165) is 45.2 Å². The van der Waals surface area contributed by atoms with E-state index in [9.17, 15) is 19.2 Å². The summed E-state index contributed by atoms with van der Waals surface area (Å²) in [5.41, 5.74) is 1.18. The molecule has 0 radical (unpaired) electrons. The molecule has 33 heavy (non-hydrogen) atoms. The van der Waals surface area contributed by atoms with E-state index in [1.54, 1.807) is 29.2 Å². The molecule has 2 N–H and O–H groups in total. The van der Waals surface area contributed by atoms with Crippen LogP contribution in [0.1, 0.15) is 55.8 Å². The van der Waals surface area contributed by atoms with Gasteiger partial charge in [-0.1, -0.05) is 13.3 Å². The average molecular weight is 459 g/mol. The minimum atomic E-state index is -0.733. The highest BCUT2D eigenvalue weighted by Crippen LogP contribution is 2.16. The molecule has 0 aliphatic carbocycles. The van der Waals surface area contributed by atoms with Crippen LogP contribution in [0.4, 0.5) is 5.69 Å². The molecule has 2 heterocycles. The summed E-state index contributed by atoms with van der Waals surface area (Å²) in [6.07, 6.45) is 4.83. The zero-order chi connectivity index (χ0) is 23.6. The number of likely N-dealkylation sites (tertiary alicyclic amines) is 1. The van der Waals surface area contributed by atoms with E-state index in [0.29, 0.717) is 30.9 Å². The average Bonchev–Trinajstić information content (AvgIpc) is 2.82. The highest BCUT2D eigenvalue weighted by atomic mass is 16.5. The third kappa shape index (κ3) is 7.28. The molecule has 9 nitrogen and oxygen atoms in total. The molecule has 2 saturated heterocycles. The van der Waals surface area contributed by atoms with Crippen LogP contribution in [0, 0.1) is 0 Å². The number of hydrogen-bond donors (Lipinski definition) is 2. The number of unbranched alkanes of at least 4 members (excludes halogenated alkanes) is 1. The van der Waals surface area contributed by atoms with Crippen LogP contribution in [0.3, 0.4) is 0 Å². The largest absolute Gasteiger partial charge is 0.466 e. The smallest absolute Gasteiger partial charge is 0.307 e. The number of amides is 3. The van der Waals surface area contributed by atoms with Gasteiger partial charge in [-0.25, -0.2) is 0 Å². The molecule has 2 aliphatic heterocycles. The molecule has 1 aromatic carbocycles. The number of piperidine rings is 1. The van der Waals surface area contributed by atoms with E-state index >= 15 is 0 Å². The standard InChI is InChI=1S/C24H34N4O5/c1-2-3-15-33-22(30)16-20-23(31)25-11-14-28(20)17-21(29)26-19-9-7-18(8-10-19)24(32)27-12-5-4-6-13-27/h7-10,20H,2-6,11-17H2,1H3,(H,25,31)(H,26,29). The number of nitrogens with one attached hydrogen (secondary N) is 2. The summed E-state index contributed by atoms with van der Waals surface area (Å²) in [5, 5.41) is 5.56. The van der Waals surface area contributed by atoms with Gasteiger partial charge in [0.2, 0.25) is 11.8 Å². The Hall–Kier alpha value is -2.94. The molecule has 1 unspecified atom stereocenters. The van der Waals surface area contributed by atoms with Gasteiger partial charge >= 0.3 is 5.97 Å². The first-order valence-corrected chi connectivity index (χ1v) is 11.8. The van der Waals surface area contributed by atoms with Crippen molar-refractivity contribution in [1.82, 2.24) is 15.1 Å². The topological polar surface area (TPSA) is 108 Å². The lowest BCUT2D eigenvalue weighted by atomic mass is 10.1. The summed E-state index contributed by atoms with van der Waals surface area (Å²) in [7, 11) is 0. The highest BCUT2D eigenvalue weighted by Gasteiger charge is 2.33. The van der Waals surface area contributed by atoms with Crippen LogP contribution in [0.15, 0.2) is 24.3 Å². The molecule has 3 amide bonds. The predicted octanol–water partition coefficient (Wildman–Crippen LogP) is 1.79. The Balaban J connectivity index is 1.53. The highest BCUT2D eigenvalue weighted by molar-refractivity contribution is 5.96. The van der Waals surface area contributed by atoms with Crippen molar-refractivity contribution >= 4 is 29.4 Å². The zero-order valence-electron chi connectivity index (χ0n) is 19.3. The SMILES string of the molecule is CCCCOC(=O)CC1C(=O)NCCN1CC(=O)Nc1ccc(C(=O)N2CCCCC2)cc1. The summed E-state index contributed by atoms with van der Waals surface area (Å²) in [4.78, 5) is 53.2. The molecule has 2 aliphatic rings. The maximum Gasteiger partial charge on any atom is 0.307 e. The van der Waals surface area contributed by atoms with Gasteiger partial charge in [0, 0.05) is 37.4 Å². The Kier molecular flexibility index (Phi) is 9.24. The summed E-state index contributed by atoms with van der Waals surface area (Å²) in [6.45, 7) is 4.77. The van der Waals surface area contributed by atoms with Crippen molar-refractivity contribution in [3.05, 3.63) is 29.8 Å². The van der Waals surface area contributed by atoms with E-state index in [2.05, 4.69) is 10.6 Å². The molecule has 0 aromatic heterocycles. The number of esters is 1. The van der Waals surface area contributed by atoms with Gasteiger partial charge in [0.25, 0.3) is 5.91 Å². The van der Waals surface area contributed by atoms with Crippen molar-refractivity contribution in [1.29, 1.82) is 0 Å². The van der Waals surface area contributed by atoms with E-state index in [-0.39, 0.29) is 30.7 Å². The molecule has 2 fully saturated rings. The second kappa shape index (κ2) is 12.3. The monoisotopic (exact) mass is 458 g/mol. The van der Waals surface area contributed by atoms with Gasteiger partial charge in [0.05, 0.1) is 19.6 Å². The number of rotatable bonds is 9. The first-order valence-electron chi connectivity index (χ1n) is 11.8. The van der Waals surface area contributed by atoms with Crippen molar-refractivity contribution in [3.8, 4) is 0 Å². The van der Waals surface area contributed by atoms with Gasteiger partial charge in [-0.2, -0.15) is 0 Å². The zero-order valence-corrected chi connectivity index (χ0v) is 19.3. The fourth-order valence-electron chi connectivity index (χ4n) is 4.08. The lowest BCUT2D eigenvalue weighted by Crippen LogP contribution is -2.57. The van der Waals surface area contributed by atoms with Gasteiger partial charge in [-0.15, -0.1) is 0 Å². The number of anilines is 1. The second-order valence-electron chi connectivity index (χ2n) is 8.53. The van der Waals surface area contributed by atoms with Crippen LogP contribution < -0.4 is 10.6 Å². The third-order valence-electron chi connectivity index (χ3n) is 5.97. The van der Waals surface area contributed by atoms with Crippen LogP contribution >= 0.6 is 0 Å². The van der Waals surface area contributed by atoms with Crippen molar-refractivity contribution in [2.24, 2.45) is 0 Å². The van der Waals surface area contributed by atoms with Gasteiger partial charge in [0.1, 0.15) is 6.04 Å². The number of benzene rings is 1. The van der Waals surface area contributed by atoms with Crippen LogP contribution in [-0.2, 0) is 19.1 Å². The molecule has 1 aromatic rings. The molecule has 9 heteroatoms. The lowest BCUT2D eigenvalue weighted by molar-refractivity contribution is -0.149. The molecular weight excluding hydrogens is 424 g/mol. The molecular formula is C24H34N4O5. The van der Waals surface area contributed by atoms with Gasteiger partial charge in [-0.3, -0.25) is 24.1 Å². The van der Waals surface area contributed by atoms with Gasteiger partial charge in [0.15, 0.2) is 0 Å². The van der Waals surface area contributed by atoms with Crippen LogP contribution in [0.2, 0.25) is 0 Å². The molecule has 0 saturated carbocycles. The number of carbonyl (C=O) groups excluding carboxylic acids is 4. The summed E-state index contributed by atoms with van der Waals surface area (Å²) in [6, 6.07) is 6.12. The Morgan fingerprint density at radius 1 is 1.09 bits per heavy atom. The van der Waals surface area contributed by atoms with E-state index < -0.39 is 12.0 Å². The van der Waals surface area contributed by atoms with Crippen LogP contribution in [0.25, 0.3) is 0 Å². The van der Waals surface area contributed by atoms with E-state index in [1.807, 2.05) is 11.8 Å². The number of nitrogens with zero attached hydrogens (tertiary/aromatic N) is 2. The van der Waals surface area contributed by atoms with Crippen molar-refractivity contribution in [2.75, 3.05) is 44.6 Å². The Labute approximate surface area is 194 Å². The molecule has 3 rings (SSSR count). The first kappa shape index (κ1) is 24.7. The van der Waals surface area contributed by atoms with Crippen LogP contribution in [-0.4, -0.2) is 78.9 Å². The minimum absolute atomic E-state index is 0.0144. The summed E-state index contributed by atoms with van der Waals surface area (Å²) >= 11 is 0. The number of hydrogen-bond acceptors (Lipinski definition) is 6. The third-order valence-corrected chi connectivity index (χ3v) is 5.97. The maximum atomic E-state index is 12.6. The quantitative estimate of drug-likeness (QED) is 0.431. The minimum Gasteiger partial charge on any atom is -0.466 e. The van der Waals surface area contributed by atoms with Gasteiger partial charge < -0.3 is 20.3 Å². The molecule has 0 spiro atoms. The summed E-state index contributed by atoms with van der Waals surface area (Å²) < 4.78 is 5.18. The Morgan fingerprint density at radius 2 is 1.82 bits per heavy atom. The van der Waals surface area contributed by atoms with Crippen molar-refractivity contribution < 1.29 is 23.9 Å². The molecule has 180 valence electrons. The second-order valence-corrected chi connectivity index (χ2v) is 8.53.